The van der Waals surface area contributed by atoms with Gasteiger partial charge in [-0.1, -0.05) is 89.1 Å². The van der Waals surface area contributed by atoms with Crippen molar-refractivity contribution in [2.75, 3.05) is 0 Å². The molecule has 0 nitrogen and oxygen atoms in total. The standard InChI is InChI=1S/C18H30/c1-3-11-17(12-4-2)13-7-5-8-14-18-15-9-6-10-16-18/h6,9-10,15-17H,3-5,7-8,11-14H2,1-2H3. The van der Waals surface area contributed by atoms with Crippen molar-refractivity contribution in [1.29, 1.82) is 0 Å². The van der Waals surface area contributed by atoms with Crippen molar-refractivity contribution >= 4 is 0 Å². The summed E-state index contributed by atoms with van der Waals surface area (Å²) in [6.07, 6.45) is 12.5. The second kappa shape index (κ2) is 10.2. The van der Waals surface area contributed by atoms with E-state index in [-0.39, 0.29) is 0 Å². The molecule has 0 amide bonds. The summed E-state index contributed by atoms with van der Waals surface area (Å²) in [4.78, 5) is 0. The first-order valence-corrected chi connectivity index (χ1v) is 7.90. The third-order valence-electron chi connectivity index (χ3n) is 3.81. The monoisotopic (exact) mass is 246 g/mol. The van der Waals surface area contributed by atoms with Gasteiger partial charge in [-0.3, -0.25) is 0 Å². The number of benzene rings is 1. The number of unbranched alkanes of at least 4 members (excludes halogenated alkanes) is 2. The molecule has 0 aliphatic heterocycles. The Balaban J connectivity index is 2.06. The summed E-state index contributed by atoms with van der Waals surface area (Å²) in [5.74, 6) is 0.997. The van der Waals surface area contributed by atoms with Crippen LogP contribution in [-0.2, 0) is 6.42 Å². The Morgan fingerprint density at radius 3 is 2.06 bits per heavy atom. The molecular formula is C18H30. The Morgan fingerprint density at radius 1 is 0.778 bits per heavy atom. The van der Waals surface area contributed by atoms with Crippen LogP contribution in [0.3, 0.4) is 0 Å². The molecular weight excluding hydrogens is 216 g/mol. The highest BCUT2D eigenvalue weighted by Crippen LogP contribution is 2.21. The van der Waals surface area contributed by atoms with Crippen LogP contribution in [0, 0.1) is 5.92 Å². The van der Waals surface area contributed by atoms with E-state index in [1.165, 1.54) is 63.4 Å². The molecule has 0 radical (unpaired) electrons. The summed E-state index contributed by atoms with van der Waals surface area (Å²) in [5, 5.41) is 0. The summed E-state index contributed by atoms with van der Waals surface area (Å²) in [6, 6.07) is 10.9. The third kappa shape index (κ3) is 6.83. The summed E-state index contributed by atoms with van der Waals surface area (Å²) < 4.78 is 0. The van der Waals surface area contributed by atoms with E-state index in [9.17, 15) is 0 Å². The van der Waals surface area contributed by atoms with Gasteiger partial charge in [0.25, 0.3) is 0 Å². The smallest absolute Gasteiger partial charge is 0.0279 e. The van der Waals surface area contributed by atoms with Crippen molar-refractivity contribution < 1.29 is 0 Å². The molecule has 0 spiro atoms. The molecule has 1 aromatic rings. The molecule has 0 fully saturated rings. The molecule has 1 aromatic carbocycles. The predicted octanol–water partition coefficient (Wildman–Crippen LogP) is 6.01. The van der Waals surface area contributed by atoms with E-state index in [1.54, 1.807) is 0 Å². The van der Waals surface area contributed by atoms with Gasteiger partial charge in [0.1, 0.15) is 0 Å². The normalized spacial score (nSPS) is 11.1. The SMILES string of the molecule is CCCC(CCC)CCCCCc1ccccc1. The molecule has 0 saturated carbocycles. The van der Waals surface area contributed by atoms with Crippen LogP contribution in [0.4, 0.5) is 0 Å². The minimum Gasteiger partial charge on any atom is -0.0654 e. The molecule has 1 rings (SSSR count). The van der Waals surface area contributed by atoms with Crippen molar-refractivity contribution in [2.45, 2.75) is 71.6 Å². The van der Waals surface area contributed by atoms with E-state index < -0.39 is 0 Å². The van der Waals surface area contributed by atoms with Gasteiger partial charge < -0.3 is 0 Å². The van der Waals surface area contributed by atoms with Crippen molar-refractivity contribution in [3.05, 3.63) is 35.9 Å². The van der Waals surface area contributed by atoms with E-state index >= 15 is 0 Å². The summed E-state index contributed by atoms with van der Waals surface area (Å²) >= 11 is 0. The highest BCUT2D eigenvalue weighted by molar-refractivity contribution is 5.14. The highest BCUT2D eigenvalue weighted by atomic mass is 14.1. The molecule has 0 aliphatic carbocycles. The number of hydrogen-bond acceptors (Lipinski definition) is 0. The van der Waals surface area contributed by atoms with Crippen LogP contribution in [0.1, 0.15) is 70.8 Å². The third-order valence-corrected chi connectivity index (χ3v) is 3.81. The first-order chi connectivity index (χ1) is 8.86. The molecule has 0 bridgehead atoms. The van der Waals surface area contributed by atoms with Crippen LogP contribution in [0.2, 0.25) is 0 Å². The van der Waals surface area contributed by atoms with Gasteiger partial charge in [-0.25, -0.2) is 0 Å². The Bertz CT molecular complexity index is 269. The van der Waals surface area contributed by atoms with Crippen LogP contribution in [0.15, 0.2) is 30.3 Å². The van der Waals surface area contributed by atoms with Gasteiger partial charge in [-0.2, -0.15) is 0 Å². The van der Waals surface area contributed by atoms with E-state index in [0.29, 0.717) is 0 Å². The lowest BCUT2D eigenvalue weighted by molar-refractivity contribution is 0.393. The Labute approximate surface area is 114 Å². The average Bonchev–Trinajstić information content (AvgIpc) is 2.40. The van der Waals surface area contributed by atoms with Crippen LogP contribution in [0.25, 0.3) is 0 Å². The number of rotatable bonds is 10. The van der Waals surface area contributed by atoms with Crippen molar-refractivity contribution in [2.24, 2.45) is 5.92 Å². The molecule has 0 unspecified atom stereocenters. The van der Waals surface area contributed by atoms with Gasteiger partial charge in [0.15, 0.2) is 0 Å². The van der Waals surface area contributed by atoms with Crippen LogP contribution < -0.4 is 0 Å². The fourth-order valence-electron chi connectivity index (χ4n) is 2.83. The molecule has 18 heavy (non-hydrogen) atoms. The van der Waals surface area contributed by atoms with Gasteiger partial charge in [0.2, 0.25) is 0 Å². The molecule has 0 aliphatic rings. The van der Waals surface area contributed by atoms with E-state index in [2.05, 4.69) is 44.2 Å². The number of aryl methyl sites for hydroxylation is 1. The van der Waals surface area contributed by atoms with Gasteiger partial charge in [-0.15, -0.1) is 0 Å². The predicted molar refractivity (Wildman–Crippen MR) is 81.9 cm³/mol. The molecule has 102 valence electrons. The fourth-order valence-corrected chi connectivity index (χ4v) is 2.83. The van der Waals surface area contributed by atoms with Crippen LogP contribution >= 0.6 is 0 Å². The van der Waals surface area contributed by atoms with E-state index in [4.69, 9.17) is 0 Å². The van der Waals surface area contributed by atoms with Gasteiger partial charge in [0.05, 0.1) is 0 Å². The first-order valence-electron chi connectivity index (χ1n) is 7.90. The zero-order chi connectivity index (χ0) is 13.1. The second-order valence-corrected chi connectivity index (χ2v) is 5.53. The summed E-state index contributed by atoms with van der Waals surface area (Å²) in [5.41, 5.74) is 1.50. The summed E-state index contributed by atoms with van der Waals surface area (Å²) in [7, 11) is 0. The van der Waals surface area contributed by atoms with Crippen molar-refractivity contribution in [1.82, 2.24) is 0 Å². The lowest BCUT2D eigenvalue weighted by Crippen LogP contribution is -1.99. The Kier molecular flexibility index (Phi) is 8.63. The van der Waals surface area contributed by atoms with Crippen molar-refractivity contribution in [3.63, 3.8) is 0 Å². The second-order valence-electron chi connectivity index (χ2n) is 5.53. The molecule has 0 N–H and O–H groups in total. The van der Waals surface area contributed by atoms with Gasteiger partial charge in [0, 0.05) is 0 Å². The topological polar surface area (TPSA) is 0 Å². The van der Waals surface area contributed by atoms with Gasteiger partial charge >= 0.3 is 0 Å². The maximum absolute atomic E-state index is 2.32. The lowest BCUT2D eigenvalue weighted by Gasteiger charge is -2.14. The lowest BCUT2D eigenvalue weighted by atomic mass is 9.92. The quantitative estimate of drug-likeness (QED) is 0.444. The maximum Gasteiger partial charge on any atom is -0.0279 e. The van der Waals surface area contributed by atoms with E-state index in [1.807, 2.05) is 0 Å². The Morgan fingerprint density at radius 2 is 1.44 bits per heavy atom. The number of hydrogen-bond donors (Lipinski definition) is 0. The minimum atomic E-state index is 0.997. The van der Waals surface area contributed by atoms with Crippen molar-refractivity contribution in [3.8, 4) is 0 Å². The van der Waals surface area contributed by atoms with Crippen LogP contribution in [0.5, 0.6) is 0 Å². The molecule has 0 aromatic heterocycles. The molecule has 0 heteroatoms. The van der Waals surface area contributed by atoms with Gasteiger partial charge in [-0.05, 0) is 24.3 Å². The summed E-state index contributed by atoms with van der Waals surface area (Å²) in [6.45, 7) is 4.64. The molecule has 0 atom stereocenters. The molecule has 0 heterocycles. The maximum atomic E-state index is 2.32. The fraction of sp³-hybridized carbons (Fsp3) is 0.667. The largest absolute Gasteiger partial charge is 0.0654 e. The zero-order valence-corrected chi connectivity index (χ0v) is 12.3. The Hall–Kier alpha value is -0.780. The minimum absolute atomic E-state index is 0.997. The first kappa shape index (κ1) is 15.3. The average molecular weight is 246 g/mol. The highest BCUT2D eigenvalue weighted by Gasteiger charge is 2.05. The van der Waals surface area contributed by atoms with E-state index in [0.717, 1.165) is 5.92 Å². The molecule has 0 saturated heterocycles. The zero-order valence-electron chi connectivity index (χ0n) is 12.3. The van der Waals surface area contributed by atoms with Crippen LogP contribution in [-0.4, -0.2) is 0 Å².